The molecule has 0 atom stereocenters. The van der Waals surface area contributed by atoms with Crippen LogP contribution in [-0.2, 0) is 12.8 Å². The smallest absolute Gasteiger partial charge is 0.212 e. The fourth-order valence-electron chi connectivity index (χ4n) is 3.20. The van der Waals surface area contributed by atoms with Gasteiger partial charge < -0.3 is 0 Å². The van der Waals surface area contributed by atoms with Crippen LogP contribution in [0.1, 0.15) is 23.2 Å². The highest BCUT2D eigenvalue weighted by Crippen LogP contribution is 2.33. The summed E-state index contributed by atoms with van der Waals surface area (Å²) in [7, 11) is 0. The molecule has 6 nitrogen and oxygen atoms in total. The monoisotopic (exact) mass is 390 g/mol. The Kier molecular flexibility index (Phi) is 3.62. The summed E-state index contributed by atoms with van der Waals surface area (Å²) >= 11 is 13.8. The highest BCUT2D eigenvalue weighted by molar-refractivity contribution is 7.99. The van der Waals surface area contributed by atoms with E-state index < -0.39 is 0 Å². The lowest BCUT2D eigenvalue weighted by Gasteiger charge is -2.14. The van der Waals surface area contributed by atoms with Crippen LogP contribution in [-0.4, -0.2) is 36.5 Å². The lowest BCUT2D eigenvalue weighted by atomic mass is 10.1. The number of benzene rings is 1. The molecular formula is C16H12Cl2N6S. The first-order valence-electron chi connectivity index (χ1n) is 7.88. The predicted octanol–water partition coefficient (Wildman–Crippen LogP) is 3.82. The molecule has 1 aliphatic carbocycles. The Morgan fingerprint density at radius 2 is 2.04 bits per heavy atom. The van der Waals surface area contributed by atoms with Crippen LogP contribution in [0.25, 0.3) is 11.5 Å². The van der Waals surface area contributed by atoms with Crippen molar-refractivity contribution >= 4 is 40.7 Å². The average molecular weight is 391 g/mol. The van der Waals surface area contributed by atoms with Gasteiger partial charge in [-0.1, -0.05) is 41.0 Å². The van der Waals surface area contributed by atoms with Gasteiger partial charge in [0.15, 0.2) is 0 Å². The average Bonchev–Trinajstić information content (AvgIpc) is 3.31. The quantitative estimate of drug-likeness (QED) is 0.721. The predicted molar refractivity (Wildman–Crippen MR) is 98.7 cm³/mol. The third-order valence-corrected chi connectivity index (χ3v) is 6.11. The molecule has 0 amide bonds. The number of hydrogen-bond acceptors (Lipinski definition) is 5. The van der Waals surface area contributed by atoms with Gasteiger partial charge in [0.2, 0.25) is 11.0 Å². The molecule has 3 heterocycles. The third kappa shape index (κ3) is 2.49. The fourth-order valence-corrected chi connectivity index (χ4v) is 4.33. The molecule has 1 aromatic carbocycles. The lowest BCUT2D eigenvalue weighted by Crippen LogP contribution is -2.14. The van der Waals surface area contributed by atoms with Crippen molar-refractivity contribution in [3.8, 4) is 11.5 Å². The molecule has 0 saturated heterocycles. The molecular weight excluding hydrogens is 379 g/mol. The highest BCUT2D eigenvalue weighted by atomic mass is 35.5. The number of hydrogen-bond donors (Lipinski definition) is 1. The number of nitrogens with one attached hydrogen (secondary N) is 1. The Labute approximate surface area is 157 Å². The number of thioether (sulfide) groups is 1. The normalized spacial score (nSPS) is 15.8. The van der Waals surface area contributed by atoms with E-state index in [1.807, 2.05) is 12.1 Å². The van der Waals surface area contributed by atoms with E-state index in [9.17, 15) is 0 Å². The van der Waals surface area contributed by atoms with Crippen LogP contribution in [0.5, 0.6) is 0 Å². The van der Waals surface area contributed by atoms with Gasteiger partial charge in [-0.2, -0.15) is 14.9 Å². The molecule has 1 aliphatic heterocycles. The van der Waals surface area contributed by atoms with Crippen molar-refractivity contribution in [1.29, 1.82) is 0 Å². The van der Waals surface area contributed by atoms with Gasteiger partial charge in [0.25, 0.3) is 0 Å². The number of fused-ring (bicyclic) bond motifs is 2. The SMILES string of the molecule is Clc1ccc(C2=Nn3c(nnc3-c3n[nH]c4c3CCC4)SC2)cc1Cl. The molecule has 0 radical (unpaired) electrons. The van der Waals surface area contributed by atoms with Gasteiger partial charge in [-0.25, -0.2) is 0 Å². The maximum atomic E-state index is 6.15. The van der Waals surface area contributed by atoms with E-state index in [0.717, 1.165) is 41.4 Å². The summed E-state index contributed by atoms with van der Waals surface area (Å²) in [5, 5.41) is 22.8. The van der Waals surface area contributed by atoms with Gasteiger partial charge >= 0.3 is 0 Å². The Hall–Kier alpha value is -1.83. The minimum absolute atomic E-state index is 0.520. The molecule has 5 rings (SSSR count). The second kappa shape index (κ2) is 5.86. The lowest BCUT2D eigenvalue weighted by molar-refractivity contribution is 0.758. The first-order valence-corrected chi connectivity index (χ1v) is 9.63. The largest absolute Gasteiger partial charge is 0.282 e. The molecule has 0 bridgehead atoms. The summed E-state index contributed by atoms with van der Waals surface area (Å²) in [5.41, 5.74) is 5.14. The number of rotatable bonds is 2. The number of aryl methyl sites for hydroxylation is 1. The van der Waals surface area contributed by atoms with Crippen LogP contribution in [0.15, 0.2) is 28.5 Å². The molecule has 1 N–H and O–H groups in total. The molecule has 9 heteroatoms. The zero-order valence-electron chi connectivity index (χ0n) is 13.0. The van der Waals surface area contributed by atoms with Crippen molar-refractivity contribution in [2.24, 2.45) is 5.10 Å². The topological polar surface area (TPSA) is 71.8 Å². The minimum atomic E-state index is 0.520. The molecule has 2 aliphatic rings. The second-order valence-corrected chi connectivity index (χ2v) is 7.72. The highest BCUT2D eigenvalue weighted by Gasteiger charge is 2.27. The van der Waals surface area contributed by atoms with Gasteiger partial charge in [0.05, 0.1) is 15.8 Å². The van der Waals surface area contributed by atoms with E-state index in [2.05, 4.69) is 20.4 Å². The van der Waals surface area contributed by atoms with E-state index in [-0.39, 0.29) is 0 Å². The van der Waals surface area contributed by atoms with Crippen molar-refractivity contribution in [3.63, 3.8) is 0 Å². The molecule has 0 spiro atoms. The third-order valence-electron chi connectivity index (χ3n) is 4.44. The van der Waals surface area contributed by atoms with Gasteiger partial charge in [-0.3, -0.25) is 5.10 Å². The standard InChI is InChI=1S/C16H12Cl2N6S/c17-10-5-4-8(6-11(10)18)13-7-25-16-22-21-15(24(16)23-13)14-9-2-1-3-12(9)19-20-14/h4-6H,1-3,7H2,(H,19,20). The van der Waals surface area contributed by atoms with Crippen LogP contribution in [0, 0.1) is 0 Å². The summed E-state index contributed by atoms with van der Waals surface area (Å²) in [6.45, 7) is 0. The number of aromatic amines is 1. The maximum absolute atomic E-state index is 6.15. The molecule has 0 saturated carbocycles. The first kappa shape index (κ1) is 15.4. The van der Waals surface area contributed by atoms with Crippen LogP contribution < -0.4 is 0 Å². The van der Waals surface area contributed by atoms with Gasteiger partial charge in [-0.15, -0.1) is 10.2 Å². The Morgan fingerprint density at radius 3 is 2.92 bits per heavy atom. The summed E-state index contributed by atoms with van der Waals surface area (Å²) < 4.78 is 1.78. The molecule has 0 fully saturated rings. The summed E-state index contributed by atoms with van der Waals surface area (Å²) in [6.07, 6.45) is 3.19. The maximum Gasteiger partial charge on any atom is 0.212 e. The number of H-pyrrole nitrogens is 1. The zero-order valence-corrected chi connectivity index (χ0v) is 15.3. The Bertz CT molecular complexity index is 1020. The van der Waals surface area contributed by atoms with Crippen molar-refractivity contribution in [2.75, 3.05) is 5.75 Å². The van der Waals surface area contributed by atoms with E-state index in [1.54, 1.807) is 22.5 Å². The van der Waals surface area contributed by atoms with Crippen LogP contribution in [0.4, 0.5) is 0 Å². The van der Waals surface area contributed by atoms with E-state index >= 15 is 0 Å². The van der Waals surface area contributed by atoms with Crippen LogP contribution in [0.2, 0.25) is 10.0 Å². The van der Waals surface area contributed by atoms with Crippen molar-refractivity contribution in [3.05, 3.63) is 45.1 Å². The molecule has 3 aromatic rings. The summed E-state index contributed by atoms with van der Waals surface area (Å²) in [4.78, 5) is 0. The summed E-state index contributed by atoms with van der Waals surface area (Å²) in [5.74, 6) is 1.38. The Balaban J connectivity index is 1.61. The Morgan fingerprint density at radius 1 is 1.12 bits per heavy atom. The number of nitrogens with zero attached hydrogens (tertiary/aromatic N) is 5. The number of halogens is 2. The fraction of sp³-hybridized carbons (Fsp3) is 0.250. The molecule has 25 heavy (non-hydrogen) atoms. The van der Waals surface area contributed by atoms with E-state index in [4.69, 9.17) is 28.3 Å². The summed E-state index contributed by atoms with van der Waals surface area (Å²) in [6, 6.07) is 5.55. The van der Waals surface area contributed by atoms with Gasteiger partial charge in [0.1, 0.15) is 5.69 Å². The van der Waals surface area contributed by atoms with Crippen molar-refractivity contribution in [1.82, 2.24) is 25.1 Å². The zero-order chi connectivity index (χ0) is 17.0. The van der Waals surface area contributed by atoms with Crippen molar-refractivity contribution in [2.45, 2.75) is 24.4 Å². The van der Waals surface area contributed by atoms with Gasteiger partial charge in [-0.05, 0) is 31.4 Å². The van der Waals surface area contributed by atoms with E-state index in [1.165, 1.54) is 11.3 Å². The molecule has 2 aromatic heterocycles. The minimum Gasteiger partial charge on any atom is -0.282 e. The van der Waals surface area contributed by atoms with Crippen LogP contribution in [0.3, 0.4) is 0 Å². The first-order chi connectivity index (χ1) is 12.2. The second-order valence-electron chi connectivity index (χ2n) is 5.97. The van der Waals surface area contributed by atoms with Crippen molar-refractivity contribution < 1.29 is 0 Å². The van der Waals surface area contributed by atoms with Gasteiger partial charge in [0, 0.05) is 22.6 Å². The van der Waals surface area contributed by atoms with E-state index in [0.29, 0.717) is 21.6 Å². The molecule has 0 unspecified atom stereocenters. The van der Waals surface area contributed by atoms with Crippen LogP contribution >= 0.6 is 35.0 Å². The molecule has 126 valence electrons. The number of aromatic nitrogens is 5.